The Morgan fingerprint density at radius 2 is 2.00 bits per heavy atom. The largest absolute Gasteiger partial charge is 0.348 e. The Labute approximate surface area is 150 Å². The number of hydrogen-bond acceptors (Lipinski definition) is 6. The van der Waals surface area contributed by atoms with Crippen molar-refractivity contribution in [2.24, 2.45) is 0 Å². The van der Waals surface area contributed by atoms with Gasteiger partial charge in [-0.3, -0.25) is 10.1 Å². The number of nitrogens with zero attached hydrogens (tertiary/aromatic N) is 6. The Morgan fingerprint density at radius 1 is 1.19 bits per heavy atom. The van der Waals surface area contributed by atoms with Gasteiger partial charge in [-0.1, -0.05) is 18.2 Å². The smallest absolute Gasteiger partial charge is 0.274 e. The van der Waals surface area contributed by atoms with Crippen LogP contribution in [0.1, 0.15) is 24.1 Å². The van der Waals surface area contributed by atoms with Crippen molar-refractivity contribution in [3.8, 4) is 5.82 Å². The molecule has 2 aromatic heterocycles. The van der Waals surface area contributed by atoms with Gasteiger partial charge in [-0.15, -0.1) is 10.2 Å². The molecule has 0 saturated heterocycles. The van der Waals surface area contributed by atoms with Gasteiger partial charge in [0.1, 0.15) is 0 Å². The molecule has 8 nitrogen and oxygen atoms in total. The van der Waals surface area contributed by atoms with Crippen molar-refractivity contribution in [2.75, 3.05) is 4.90 Å². The van der Waals surface area contributed by atoms with Crippen LogP contribution >= 0.6 is 0 Å². The molecule has 132 valence electrons. The minimum absolute atomic E-state index is 0.134. The number of aryl methyl sites for hydroxylation is 1. The van der Waals surface area contributed by atoms with E-state index in [4.69, 9.17) is 0 Å². The highest BCUT2D eigenvalue weighted by atomic mass is 16.6. The van der Waals surface area contributed by atoms with Gasteiger partial charge >= 0.3 is 0 Å². The van der Waals surface area contributed by atoms with E-state index in [-0.39, 0.29) is 10.6 Å². The topological polar surface area (TPSA) is 90.0 Å². The lowest BCUT2D eigenvalue weighted by Gasteiger charge is -2.23. The average molecular weight is 350 g/mol. The highest BCUT2D eigenvalue weighted by Crippen LogP contribution is 2.33. The first-order valence-corrected chi connectivity index (χ1v) is 8.47. The molecule has 1 fully saturated rings. The van der Waals surface area contributed by atoms with Crippen molar-refractivity contribution in [1.29, 1.82) is 0 Å². The lowest BCUT2D eigenvalue weighted by molar-refractivity contribution is -0.385. The molecule has 0 atom stereocenters. The predicted molar refractivity (Wildman–Crippen MR) is 96.2 cm³/mol. The van der Waals surface area contributed by atoms with E-state index in [9.17, 15) is 10.1 Å². The summed E-state index contributed by atoms with van der Waals surface area (Å²) in [5.74, 6) is 1.36. The number of nitro groups is 1. The third-order valence-electron chi connectivity index (χ3n) is 4.40. The van der Waals surface area contributed by atoms with Crippen molar-refractivity contribution in [3.05, 3.63) is 70.0 Å². The fraction of sp³-hybridized carbons (Fsp3) is 0.278. The second-order valence-corrected chi connectivity index (χ2v) is 6.40. The van der Waals surface area contributed by atoms with Gasteiger partial charge in [0.15, 0.2) is 11.6 Å². The minimum Gasteiger partial charge on any atom is -0.348 e. The number of rotatable bonds is 6. The van der Waals surface area contributed by atoms with Crippen LogP contribution in [-0.4, -0.2) is 30.9 Å². The van der Waals surface area contributed by atoms with Crippen LogP contribution in [0.2, 0.25) is 0 Å². The van der Waals surface area contributed by atoms with Crippen LogP contribution in [-0.2, 0) is 6.54 Å². The fourth-order valence-corrected chi connectivity index (χ4v) is 2.93. The summed E-state index contributed by atoms with van der Waals surface area (Å²) in [4.78, 5) is 13.0. The summed E-state index contributed by atoms with van der Waals surface area (Å²) in [6, 6.07) is 12.8. The standard InChI is InChI=1S/C18H18N6O2/c1-13-10-11-23(21-13)18-9-8-17(19-20-18)22(15-6-7-15)12-14-4-2-3-5-16(14)24(25)26/h2-5,8-11,15H,6-7,12H2,1H3. The molecule has 0 amide bonds. The number of nitro benzene ring substituents is 1. The molecule has 0 radical (unpaired) electrons. The predicted octanol–water partition coefficient (Wildman–Crippen LogP) is 3.05. The molecule has 0 aliphatic heterocycles. The Morgan fingerprint density at radius 3 is 2.62 bits per heavy atom. The average Bonchev–Trinajstić information content (AvgIpc) is 3.40. The van der Waals surface area contributed by atoms with Crippen molar-refractivity contribution in [2.45, 2.75) is 32.4 Å². The van der Waals surface area contributed by atoms with E-state index in [0.717, 1.165) is 24.4 Å². The maximum absolute atomic E-state index is 11.3. The number of para-hydroxylation sites is 1. The van der Waals surface area contributed by atoms with E-state index in [1.165, 1.54) is 6.07 Å². The highest BCUT2D eigenvalue weighted by Gasteiger charge is 2.31. The molecule has 26 heavy (non-hydrogen) atoms. The first-order valence-electron chi connectivity index (χ1n) is 8.47. The lowest BCUT2D eigenvalue weighted by atomic mass is 10.1. The van der Waals surface area contributed by atoms with Crippen molar-refractivity contribution < 1.29 is 4.92 Å². The van der Waals surface area contributed by atoms with E-state index < -0.39 is 0 Å². The van der Waals surface area contributed by atoms with Crippen molar-refractivity contribution in [1.82, 2.24) is 20.0 Å². The molecule has 8 heteroatoms. The minimum atomic E-state index is -0.338. The zero-order valence-corrected chi connectivity index (χ0v) is 14.3. The molecule has 1 aliphatic rings. The quantitative estimate of drug-likeness (QED) is 0.501. The Bertz CT molecular complexity index is 933. The SMILES string of the molecule is Cc1ccn(-c2ccc(N(Cc3ccccc3[N+](=O)[O-])C3CC3)nn2)n1. The summed E-state index contributed by atoms with van der Waals surface area (Å²) in [6.45, 7) is 2.36. The van der Waals surface area contributed by atoms with Crippen LogP contribution in [0.25, 0.3) is 5.82 Å². The summed E-state index contributed by atoms with van der Waals surface area (Å²) in [7, 11) is 0. The Kier molecular flexibility index (Phi) is 4.08. The second-order valence-electron chi connectivity index (χ2n) is 6.40. The molecule has 0 bridgehead atoms. The third-order valence-corrected chi connectivity index (χ3v) is 4.40. The van der Waals surface area contributed by atoms with Crippen LogP contribution in [0.15, 0.2) is 48.7 Å². The second kappa shape index (κ2) is 6.55. The van der Waals surface area contributed by atoms with E-state index >= 15 is 0 Å². The molecule has 1 saturated carbocycles. The molecule has 1 aliphatic carbocycles. The van der Waals surface area contributed by atoms with Gasteiger partial charge in [0.2, 0.25) is 0 Å². The number of benzene rings is 1. The maximum Gasteiger partial charge on any atom is 0.274 e. The molecule has 1 aromatic carbocycles. The number of aromatic nitrogens is 4. The summed E-state index contributed by atoms with van der Waals surface area (Å²) < 4.78 is 1.68. The van der Waals surface area contributed by atoms with Gasteiger partial charge in [0, 0.05) is 23.9 Å². The molecule has 0 unspecified atom stereocenters. The summed E-state index contributed by atoms with van der Waals surface area (Å²) in [6.07, 6.45) is 3.95. The van der Waals surface area contributed by atoms with E-state index in [1.807, 2.05) is 37.4 Å². The summed E-state index contributed by atoms with van der Waals surface area (Å²) in [5, 5.41) is 24.2. The van der Waals surface area contributed by atoms with Crippen LogP contribution in [0, 0.1) is 17.0 Å². The van der Waals surface area contributed by atoms with Crippen LogP contribution in [0.4, 0.5) is 11.5 Å². The fourth-order valence-electron chi connectivity index (χ4n) is 2.93. The molecule has 4 rings (SSSR count). The van der Waals surface area contributed by atoms with Gasteiger partial charge < -0.3 is 4.90 Å². The Balaban J connectivity index is 1.60. The van der Waals surface area contributed by atoms with Gasteiger partial charge in [0.25, 0.3) is 5.69 Å². The normalized spacial score (nSPS) is 13.6. The lowest BCUT2D eigenvalue weighted by Crippen LogP contribution is -2.26. The summed E-state index contributed by atoms with van der Waals surface area (Å²) >= 11 is 0. The number of hydrogen-bond donors (Lipinski definition) is 0. The van der Waals surface area contributed by atoms with Crippen LogP contribution < -0.4 is 4.90 Å². The maximum atomic E-state index is 11.3. The zero-order chi connectivity index (χ0) is 18.1. The third kappa shape index (κ3) is 3.26. The summed E-state index contributed by atoms with van der Waals surface area (Å²) in [5.41, 5.74) is 1.72. The van der Waals surface area contributed by atoms with E-state index in [0.29, 0.717) is 24.0 Å². The zero-order valence-electron chi connectivity index (χ0n) is 14.3. The van der Waals surface area contributed by atoms with Crippen LogP contribution in [0.3, 0.4) is 0 Å². The van der Waals surface area contributed by atoms with E-state index in [2.05, 4.69) is 20.2 Å². The number of anilines is 1. The van der Waals surface area contributed by atoms with E-state index in [1.54, 1.807) is 16.8 Å². The molecular weight excluding hydrogens is 332 g/mol. The Hall–Kier alpha value is -3.29. The van der Waals surface area contributed by atoms with Gasteiger partial charge in [-0.2, -0.15) is 5.10 Å². The molecule has 0 N–H and O–H groups in total. The molecule has 3 aromatic rings. The highest BCUT2D eigenvalue weighted by molar-refractivity contribution is 5.47. The van der Waals surface area contributed by atoms with Crippen molar-refractivity contribution >= 4 is 11.5 Å². The van der Waals surface area contributed by atoms with Crippen molar-refractivity contribution in [3.63, 3.8) is 0 Å². The first kappa shape index (κ1) is 16.2. The van der Waals surface area contributed by atoms with Gasteiger partial charge in [-0.25, -0.2) is 4.68 Å². The van der Waals surface area contributed by atoms with Gasteiger partial charge in [-0.05, 0) is 38.0 Å². The molecule has 2 heterocycles. The molecular formula is C18H18N6O2. The molecule has 0 spiro atoms. The van der Waals surface area contributed by atoms with Crippen LogP contribution in [0.5, 0.6) is 0 Å². The monoisotopic (exact) mass is 350 g/mol. The van der Waals surface area contributed by atoms with Gasteiger partial charge in [0.05, 0.1) is 17.2 Å². The first-order chi connectivity index (χ1) is 12.6.